The summed E-state index contributed by atoms with van der Waals surface area (Å²) in [5.74, 6) is -7.19. The van der Waals surface area contributed by atoms with Crippen LogP contribution in [0, 0.1) is 0 Å². The van der Waals surface area contributed by atoms with Gasteiger partial charge in [0.25, 0.3) is 0 Å². The van der Waals surface area contributed by atoms with Gasteiger partial charge in [-0.1, -0.05) is 0 Å². The van der Waals surface area contributed by atoms with Crippen molar-refractivity contribution in [3.63, 3.8) is 0 Å². The molecule has 1 unspecified atom stereocenters. The quantitative estimate of drug-likeness (QED) is 0.614. The van der Waals surface area contributed by atoms with Gasteiger partial charge in [0.05, 0.1) is 0 Å². The molecule has 8 heteroatoms. The van der Waals surface area contributed by atoms with Gasteiger partial charge in [-0.3, -0.25) is 0 Å². The van der Waals surface area contributed by atoms with Crippen LogP contribution in [0.4, 0.5) is 22.0 Å². The average molecular weight is 263 g/mol. The predicted molar refractivity (Wildman–Crippen MR) is 49.4 cm³/mol. The van der Waals surface area contributed by atoms with E-state index in [4.69, 9.17) is 5.73 Å². The van der Waals surface area contributed by atoms with Gasteiger partial charge < -0.3 is 10.5 Å². The number of ether oxygens (including phenoxy) is 1. The highest BCUT2D eigenvalue weighted by molar-refractivity contribution is 5.82. The van der Waals surface area contributed by atoms with Gasteiger partial charge in [0, 0.05) is 0 Å². The Hall–Kier alpha value is -0.920. The SMILES string of the molecule is CC(C)(C)OC(=O)C(C)(N)C(F)(F)C(F)(F)F. The van der Waals surface area contributed by atoms with Crippen LogP contribution >= 0.6 is 0 Å². The van der Waals surface area contributed by atoms with E-state index in [1.54, 1.807) is 0 Å². The molecule has 2 N–H and O–H groups in total. The fraction of sp³-hybridized carbons (Fsp3) is 0.889. The van der Waals surface area contributed by atoms with Crippen molar-refractivity contribution in [3.8, 4) is 0 Å². The zero-order valence-electron chi connectivity index (χ0n) is 9.78. The number of rotatable bonds is 2. The van der Waals surface area contributed by atoms with Gasteiger partial charge in [0.2, 0.25) is 0 Å². The molecule has 0 rings (SSSR count). The number of carbonyl (C=O) groups excluding carboxylic acids is 1. The maximum Gasteiger partial charge on any atom is 0.455 e. The maximum absolute atomic E-state index is 13.0. The molecule has 0 radical (unpaired) electrons. The molecule has 0 amide bonds. The summed E-state index contributed by atoms with van der Waals surface area (Å²) in [5.41, 5.74) is 0.104. The van der Waals surface area contributed by atoms with Gasteiger partial charge in [-0.2, -0.15) is 22.0 Å². The normalized spacial score (nSPS) is 17.5. The third-order valence-corrected chi connectivity index (χ3v) is 1.83. The van der Waals surface area contributed by atoms with Crippen molar-refractivity contribution in [1.29, 1.82) is 0 Å². The first-order valence-corrected chi connectivity index (χ1v) is 4.60. The molecule has 1 atom stereocenters. The van der Waals surface area contributed by atoms with E-state index in [0.29, 0.717) is 0 Å². The minimum Gasteiger partial charge on any atom is -0.458 e. The molecule has 0 aliphatic heterocycles. The molecule has 0 aromatic rings. The lowest BCUT2D eigenvalue weighted by atomic mass is 9.94. The van der Waals surface area contributed by atoms with Crippen molar-refractivity contribution < 1.29 is 31.5 Å². The van der Waals surface area contributed by atoms with Crippen LogP contribution in [0.25, 0.3) is 0 Å². The Labute approximate surface area is 95.1 Å². The summed E-state index contributed by atoms with van der Waals surface area (Å²) >= 11 is 0. The van der Waals surface area contributed by atoms with E-state index in [-0.39, 0.29) is 6.92 Å². The number of alkyl halides is 5. The highest BCUT2D eigenvalue weighted by Gasteiger charge is 2.70. The minimum atomic E-state index is -5.92. The summed E-state index contributed by atoms with van der Waals surface area (Å²) in [6, 6.07) is 0. The van der Waals surface area contributed by atoms with Crippen molar-refractivity contribution in [2.45, 2.75) is 50.9 Å². The Kier molecular flexibility index (Phi) is 3.86. The summed E-state index contributed by atoms with van der Waals surface area (Å²) in [6.07, 6.45) is -5.92. The minimum absolute atomic E-state index is 0.286. The van der Waals surface area contributed by atoms with Crippen LogP contribution in [0.2, 0.25) is 0 Å². The molecule has 0 saturated carbocycles. The van der Waals surface area contributed by atoms with Gasteiger partial charge in [-0.25, -0.2) is 4.79 Å². The van der Waals surface area contributed by atoms with Gasteiger partial charge in [0.15, 0.2) is 5.54 Å². The standard InChI is InChI=1S/C9H14F5NO2/c1-6(2,3)17-5(16)7(4,15)8(10,11)9(12,13)14/h15H2,1-4H3. The molecule has 0 bridgehead atoms. The van der Waals surface area contributed by atoms with Crippen LogP contribution in [0.3, 0.4) is 0 Å². The zero-order chi connectivity index (χ0) is 14.3. The van der Waals surface area contributed by atoms with Crippen LogP contribution in [-0.2, 0) is 9.53 Å². The zero-order valence-corrected chi connectivity index (χ0v) is 9.78. The van der Waals surface area contributed by atoms with Crippen LogP contribution < -0.4 is 5.73 Å². The molecular weight excluding hydrogens is 249 g/mol. The topological polar surface area (TPSA) is 52.3 Å². The number of carbonyl (C=O) groups is 1. The summed E-state index contributed by atoms with van der Waals surface area (Å²) in [4.78, 5) is 11.2. The van der Waals surface area contributed by atoms with E-state index in [1.165, 1.54) is 20.8 Å². The Morgan fingerprint density at radius 1 is 1.00 bits per heavy atom. The van der Waals surface area contributed by atoms with Crippen molar-refractivity contribution in [3.05, 3.63) is 0 Å². The van der Waals surface area contributed by atoms with Gasteiger partial charge in [-0.05, 0) is 27.7 Å². The molecule has 0 saturated heterocycles. The second kappa shape index (κ2) is 4.08. The lowest BCUT2D eigenvalue weighted by Crippen LogP contribution is -2.66. The van der Waals surface area contributed by atoms with E-state index in [1.807, 2.05) is 0 Å². The fourth-order valence-corrected chi connectivity index (χ4v) is 0.807. The first kappa shape index (κ1) is 16.1. The molecule has 0 aromatic heterocycles. The summed E-state index contributed by atoms with van der Waals surface area (Å²) in [5, 5.41) is 0. The number of hydrogen-bond acceptors (Lipinski definition) is 3. The number of esters is 1. The molecule has 102 valence electrons. The van der Waals surface area contributed by atoms with Gasteiger partial charge in [0.1, 0.15) is 5.60 Å². The van der Waals surface area contributed by atoms with E-state index in [0.717, 1.165) is 0 Å². The lowest BCUT2D eigenvalue weighted by Gasteiger charge is -2.34. The maximum atomic E-state index is 13.0. The predicted octanol–water partition coefficient (Wildman–Crippen LogP) is 2.24. The Bertz CT molecular complexity index is 303. The second-order valence-electron chi connectivity index (χ2n) is 4.78. The number of nitrogens with two attached hydrogens (primary N) is 1. The highest BCUT2D eigenvalue weighted by atomic mass is 19.4. The van der Waals surface area contributed by atoms with Crippen LogP contribution in [-0.4, -0.2) is 29.2 Å². The molecule has 0 aliphatic carbocycles. The number of halogens is 5. The van der Waals surface area contributed by atoms with E-state index >= 15 is 0 Å². The third-order valence-electron chi connectivity index (χ3n) is 1.83. The number of hydrogen-bond donors (Lipinski definition) is 1. The molecule has 3 nitrogen and oxygen atoms in total. The molecule has 0 heterocycles. The summed E-state index contributed by atoms with van der Waals surface area (Å²) in [7, 11) is 0. The van der Waals surface area contributed by atoms with Crippen molar-refractivity contribution >= 4 is 5.97 Å². The summed E-state index contributed by atoms with van der Waals surface area (Å²) < 4.78 is 66.7. The van der Waals surface area contributed by atoms with Crippen molar-refractivity contribution in [2.24, 2.45) is 5.73 Å². The third kappa shape index (κ3) is 3.27. The Balaban J connectivity index is 5.22. The Morgan fingerprint density at radius 2 is 1.35 bits per heavy atom. The molecule has 0 spiro atoms. The lowest BCUT2D eigenvalue weighted by molar-refractivity contribution is -0.304. The smallest absolute Gasteiger partial charge is 0.455 e. The van der Waals surface area contributed by atoms with Crippen molar-refractivity contribution in [2.75, 3.05) is 0 Å². The Morgan fingerprint density at radius 3 is 1.59 bits per heavy atom. The molecule has 0 aliphatic rings. The molecule has 0 fully saturated rings. The van der Waals surface area contributed by atoms with Gasteiger partial charge in [-0.15, -0.1) is 0 Å². The largest absolute Gasteiger partial charge is 0.458 e. The van der Waals surface area contributed by atoms with Crippen LogP contribution in [0.5, 0.6) is 0 Å². The second-order valence-corrected chi connectivity index (χ2v) is 4.78. The summed E-state index contributed by atoms with van der Waals surface area (Å²) in [6.45, 7) is 4.26. The van der Waals surface area contributed by atoms with Crippen molar-refractivity contribution in [1.82, 2.24) is 0 Å². The van der Waals surface area contributed by atoms with E-state index in [2.05, 4.69) is 4.74 Å². The van der Waals surface area contributed by atoms with Crippen LogP contribution in [0.15, 0.2) is 0 Å². The fourth-order valence-electron chi connectivity index (χ4n) is 0.807. The molecular formula is C9H14F5NO2. The highest BCUT2D eigenvalue weighted by Crippen LogP contribution is 2.43. The first-order chi connectivity index (χ1) is 7.13. The van der Waals surface area contributed by atoms with E-state index in [9.17, 15) is 26.7 Å². The molecule has 0 aromatic carbocycles. The van der Waals surface area contributed by atoms with Gasteiger partial charge >= 0.3 is 18.1 Å². The first-order valence-electron chi connectivity index (χ1n) is 4.60. The monoisotopic (exact) mass is 263 g/mol. The van der Waals surface area contributed by atoms with Crippen LogP contribution in [0.1, 0.15) is 27.7 Å². The molecule has 17 heavy (non-hydrogen) atoms. The van der Waals surface area contributed by atoms with E-state index < -0.39 is 29.2 Å². The average Bonchev–Trinajstić information content (AvgIpc) is 1.97.